The number of fused-ring (bicyclic) bond motifs is 3. The van der Waals surface area contributed by atoms with Crippen molar-refractivity contribution in [1.29, 1.82) is 0 Å². The molecule has 6 aromatic rings. The Kier molecular flexibility index (Phi) is 4.43. The van der Waals surface area contributed by atoms with Gasteiger partial charge < -0.3 is 4.57 Å². The molecule has 0 atom stereocenters. The van der Waals surface area contributed by atoms with Crippen LogP contribution in [-0.2, 0) is 0 Å². The number of para-hydroxylation sites is 1. The summed E-state index contributed by atoms with van der Waals surface area (Å²) in [6.07, 6.45) is 0. The molecule has 0 aliphatic rings. The number of benzene rings is 5. The Morgan fingerprint density at radius 2 is 1.00 bits per heavy atom. The molecule has 1 aromatic heterocycles. The van der Waals surface area contributed by atoms with E-state index < -0.39 is 0 Å². The summed E-state index contributed by atoms with van der Waals surface area (Å²) in [5.41, 5.74) is 9.83. The van der Waals surface area contributed by atoms with Crippen molar-refractivity contribution in [2.75, 3.05) is 0 Å². The van der Waals surface area contributed by atoms with E-state index in [1.807, 2.05) is 0 Å². The van der Waals surface area contributed by atoms with Gasteiger partial charge in [-0.25, -0.2) is 0 Å². The lowest BCUT2D eigenvalue weighted by Crippen LogP contribution is -2.01. The van der Waals surface area contributed by atoms with Crippen molar-refractivity contribution in [2.45, 2.75) is 0 Å². The largest absolute Gasteiger partial charge is 0.309 e. The van der Waals surface area contributed by atoms with E-state index in [0.717, 1.165) is 0 Å². The Hall–Kier alpha value is -4.04. The summed E-state index contributed by atoms with van der Waals surface area (Å²) in [6, 6.07) is 43.7. The standard InChI is InChI=1S/C30H22BN/c31-25-15-16-30-28(20-25)27-13-7-8-14-29(27)32(30)26-18-23(21-9-3-1-4-10-21)17-24(19-26)22-11-5-2-6-12-22/h1-20H,31H2. The molecule has 0 aliphatic carbocycles. The van der Waals surface area contributed by atoms with Crippen LogP contribution in [0.5, 0.6) is 0 Å². The summed E-state index contributed by atoms with van der Waals surface area (Å²) >= 11 is 0. The molecule has 0 radical (unpaired) electrons. The van der Waals surface area contributed by atoms with Gasteiger partial charge in [0.15, 0.2) is 0 Å². The maximum absolute atomic E-state index is 2.41. The molecule has 1 nitrogen and oxygen atoms in total. The molecule has 6 rings (SSSR count). The highest BCUT2D eigenvalue weighted by Crippen LogP contribution is 2.35. The molecule has 0 amide bonds. The molecule has 0 unspecified atom stereocenters. The minimum atomic E-state index is 1.18. The normalized spacial score (nSPS) is 11.2. The minimum absolute atomic E-state index is 1.18. The number of aromatic nitrogens is 1. The Balaban J connectivity index is 1.70. The van der Waals surface area contributed by atoms with Gasteiger partial charge in [0.05, 0.1) is 11.0 Å². The zero-order chi connectivity index (χ0) is 21.5. The predicted octanol–water partition coefficient (Wildman–Crippen LogP) is 6.38. The number of hydrogen-bond acceptors (Lipinski definition) is 0. The van der Waals surface area contributed by atoms with E-state index in [9.17, 15) is 0 Å². The Morgan fingerprint density at radius 1 is 0.438 bits per heavy atom. The van der Waals surface area contributed by atoms with Gasteiger partial charge >= 0.3 is 0 Å². The fourth-order valence-corrected chi connectivity index (χ4v) is 4.70. The van der Waals surface area contributed by atoms with Crippen LogP contribution in [-0.4, -0.2) is 12.4 Å². The summed E-state index contributed by atoms with van der Waals surface area (Å²) < 4.78 is 2.41. The summed E-state index contributed by atoms with van der Waals surface area (Å²) in [5.74, 6) is 0. The first-order valence-electron chi connectivity index (χ1n) is 11.0. The second-order valence-corrected chi connectivity index (χ2v) is 8.37. The smallest absolute Gasteiger partial charge is 0.139 e. The average Bonchev–Trinajstić information content (AvgIpc) is 3.18. The van der Waals surface area contributed by atoms with E-state index in [1.54, 1.807) is 0 Å². The zero-order valence-electron chi connectivity index (χ0n) is 18.0. The van der Waals surface area contributed by atoms with Crippen molar-refractivity contribution in [1.82, 2.24) is 4.57 Å². The molecule has 0 saturated carbocycles. The third kappa shape index (κ3) is 3.12. The molecule has 0 fully saturated rings. The SMILES string of the molecule is Bc1ccc2c(c1)c1ccccc1n2-c1cc(-c2ccccc2)cc(-c2ccccc2)c1. The molecule has 0 bridgehead atoms. The van der Waals surface area contributed by atoms with Gasteiger partial charge in [0.25, 0.3) is 0 Å². The highest BCUT2D eigenvalue weighted by Gasteiger charge is 2.14. The Morgan fingerprint density at radius 3 is 1.66 bits per heavy atom. The van der Waals surface area contributed by atoms with Gasteiger partial charge in [0, 0.05) is 16.5 Å². The monoisotopic (exact) mass is 407 g/mol. The van der Waals surface area contributed by atoms with Crippen LogP contribution in [0.2, 0.25) is 0 Å². The molecule has 32 heavy (non-hydrogen) atoms. The lowest BCUT2D eigenvalue weighted by Gasteiger charge is -2.14. The van der Waals surface area contributed by atoms with Crippen LogP contribution in [0.1, 0.15) is 0 Å². The van der Waals surface area contributed by atoms with Gasteiger partial charge in [-0.3, -0.25) is 0 Å². The van der Waals surface area contributed by atoms with Gasteiger partial charge in [-0.15, -0.1) is 0 Å². The van der Waals surface area contributed by atoms with Crippen molar-refractivity contribution in [3.63, 3.8) is 0 Å². The van der Waals surface area contributed by atoms with E-state index in [4.69, 9.17) is 0 Å². The maximum atomic E-state index is 2.41. The van der Waals surface area contributed by atoms with E-state index in [1.165, 1.54) is 55.2 Å². The molecule has 0 saturated heterocycles. The molecule has 1 heterocycles. The second-order valence-electron chi connectivity index (χ2n) is 8.37. The highest BCUT2D eigenvalue weighted by molar-refractivity contribution is 6.33. The molecule has 0 spiro atoms. The zero-order valence-corrected chi connectivity index (χ0v) is 18.0. The predicted molar refractivity (Wildman–Crippen MR) is 140 cm³/mol. The van der Waals surface area contributed by atoms with Crippen molar-refractivity contribution in [2.24, 2.45) is 0 Å². The van der Waals surface area contributed by atoms with Crippen molar-refractivity contribution in [3.8, 4) is 27.9 Å². The fourth-order valence-electron chi connectivity index (χ4n) is 4.70. The van der Waals surface area contributed by atoms with E-state index >= 15 is 0 Å². The topological polar surface area (TPSA) is 4.93 Å². The second kappa shape index (κ2) is 7.58. The summed E-state index contributed by atoms with van der Waals surface area (Å²) in [7, 11) is 2.16. The van der Waals surface area contributed by atoms with Crippen LogP contribution in [0.25, 0.3) is 49.7 Å². The first-order chi connectivity index (χ1) is 15.8. The van der Waals surface area contributed by atoms with Crippen molar-refractivity contribution < 1.29 is 0 Å². The van der Waals surface area contributed by atoms with Gasteiger partial charge in [-0.1, -0.05) is 96.5 Å². The minimum Gasteiger partial charge on any atom is -0.309 e. The Bertz CT molecular complexity index is 1510. The number of hydrogen-bond donors (Lipinski definition) is 0. The van der Waals surface area contributed by atoms with E-state index in [0.29, 0.717) is 0 Å². The first kappa shape index (κ1) is 18.7. The fraction of sp³-hybridized carbons (Fsp3) is 0. The van der Waals surface area contributed by atoms with Crippen LogP contribution in [0, 0.1) is 0 Å². The van der Waals surface area contributed by atoms with E-state index in [-0.39, 0.29) is 0 Å². The highest BCUT2D eigenvalue weighted by atomic mass is 15.0. The third-order valence-electron chi connectivity index (χ3n) is 6.22. The van der Waals surface area contributed by atoms with Gasteiger partial charge in [0.1, 0.15) is 7.85 Å². The molecular weight excluding hydrogens is 385 g/mol. The van der Waals surface area contributed by atoms with Gasteiger partial charge in [-0.05, 0) is 52.6 Å². The Labute approximate surface area is 189 Å². The molecule has 2 heteroatoms. The lowest BCUT2D eigenvalue weighted by atomic mass is 9.94. The summed E-state index contributed by atoms with van der Waals surface area (Å²) in [4.78, 5) is 0. The van der Waals surface area contributed by atoms with E-state index in [2.05, 4.69) is 134 Å². The van der Waals surface area contributed by atoms with Gasteiger partial charge in [0.2, 0.25) is 0 Å². The van der Waals surface area contributed by atoms with Crippen LogP contribution >= 0.6 is 0 Å². The quantitative estimate of drug-likeness (QED) is 0.300. The first-order valence-corrected chi connectivity index (χ1v) is 11.0. The lowest BCUT2D eigenvalue weighted by molar-refractivity contribution is 1.18. The van der Waals surface area contributed by atoms with Crippen molar-refractivity contribution >= 4 is 35.1 Å². The van der Waals surface area contributed by atoms with Gasteiger partial charge in [-0.2, -0.15) is 0 Å². The van der Waals surface area contributed by atoms with Crippen LogP contribution in [0.4, 0.5) is 0 Å². The summed E-state index contributed by atoms with van der Waals surface area (Å²) in [6.45, 7) is 0. The average molecular weight is 407 g/mol. The maximum Gasteiger partial charge on any atom is 0.139 e. The summed E-state index contributed by atoms with van der Waals surface area (Å²) in [5, 5.41) is 2.59. The third-order valence-corrected chi connectivity index (χ3v) is 6.22. The van der Waals surface area contributed by atoms with Crippen LogP contribution in [0.3, 0.4) is 0 Å². The molecule has 0 aliphatic heterocycles. The van der Waals surface area contributed by atoms with Crippen LogP contribution < -0.4 is 5.46 Å². The van der Waals surface area contributed by atoms with Crippen molar-refractivity contribution in [3.05, 3.63) is 121 Å². The van der Waals surface area contributed by atoms with Crippen LogP contribution in [0.15, 0.2) is 121 Å². The molecule has 5 aromatic carbocycles. The molecular formula is C30H22BN. The number of rotatable bonds is 3. The molecule has 0 N–H and O–H groups in total. The molecule has 150 valence electrons. The number of nitrogens with zero attached hydrogens (tertiary/aromatic N) is 1.